The minimum absolute atomic E-state index is 0.844. The number of aromatic nitrogens is 5. The van der Waals surface area contributed by atoms with Crippen LogP contribution in [0, 0.1) is 6.92 Å². The number of imidazole rings is 1. The smallest absolute Gasteiger partial charge is 0.146 e. The van der Waals surface area contributed by atoms with E-state index in [4.69, 9.17) is 0 Å². The normalized spacial score (nSPS) is 11.4. The van der Waals surface area contributed by atoms with Gasteiger partial charge in [-0.3, -0.25) is 4.90 Å². The molecule has 0 atom stereocenters. The Balaban J connectivity index is 1.76. The summed E-state index contributed by atoms with van der Waals surface area (Å²) in [6.07, 6.45) is 6.78. The molecule has 0 spiro atoms. The zero-order valence-electron chi connectivity index (χ0n) is 12.0. The number of hydrogen-bond donors (Lipinski definition) is 0. The van der Waals surface area contributed by atoms with Crippen LogP contribution in [-0.4, -0.2) is 42.8 Å². The van der Waals surface area contributed by atoms with E-state index < -0.39 is 0 Å². The molecule has 19 heavy (non-hydrogen) atoms. The van der Waals surface area contributed by atoms with Crippen molar-refractivity contribution in [3.8, 4) is 0 Å². The average Bonchev–Trinajstić information content (AvgIpc) is 2.99. The maximum atomic E-state index is 4.23. The van der Waals surface area contributed by atoms with Gasteiger partial charge in [-0.05, 0) is 27.3 Å². The maximum absolute atomic E-state index is 4.23. The standard InChI is InChI=1S/C13H22N6/c1-4-18-11-15-16-13(18)10-17(3)7-5-8-19-9-6-14-12(19)2/h6,9,11H,4-5,7-8,10H2,1-3H3. The SMILES string of the molecule is CCn1cnnc1CN(C)CCCn1ccnc1C. The van der Waals surface area contributed by atoms with E-state index in [2.05, 4.69) is 43.2 Å². The van der Waals surface area contributed by atoms with E-state index in [0.717, 1.165) is 44.2 Å². The summed E-state index contributed by atoms with van der Waals surface area (Å²) in [5, 5.41) is 8.11. The van der Waals surface area contributed by atoms with Gasteiger partial charge in [-0.1, -0.05) is 0 Å². The van der Waals surface area contributed by atoms with Gasteiger partial charge in [-0.25, -0.2) is 4.98 Å². The fourth-order valence-electron chi connectivity index (χ4n) is 2.14. The second-order valence-corrected chi connectivity index (χ2v) is 4.79. The lowest BCUT2D eigenvalue weighted by atomic mass is 10.3. The predicted molar refractivity (Wildman–Crippen MR) is 73.6 cm³/mol. The average molecular weight is 262 g/mol. The molecule has 0 saturated heterocycles. The Bertz CT molecular complexity index is 501. The van der Waals surface area contributed by atoms with E-state index in [1.54, 1.807) is 6.33 Å². The van der Waals surface area contributed by atoms with Crippen molar-refractivity contribution in [2.24, 2.45) is 0 Å². The van der Waals surface area contributed by atoms with Crippen LogP contribution in [0.4, 0.5) is 0 Å². The summed E-state index contributed by atoms with van der Waals surface area (Å²) >= 11 is 0. The van der Waals surface area contributed by atoms with Gasteiger partial charge in [0.05, 0.1) is 6.54 Å². The first-order valence-electron chi connectivity index (χ1n) is 6.73. The highest BCUT2D eigenvalue weighted by atomic mass is 15.3. The number of aryl methyl sites for hydroxylation is 3. The zero-order chi connectivity index (χ0) is 13.7. The lowest BCUT2D eigenvalue weighted by molar-refractivity contribution is 0.301. The molecule has 6 heteroatoms. The molecule has 2 rings (SSSR count). The largest absolute Gasteiger partial charge is 0.335 e. The van der Waals surface area contributed by atoms with Gasteiger partial charge in [0.25, 0.3) is 0 Å². The summed E-state index contributed by atoms with van der Waals surface area (Å²) in [7, 11) is 2.12. The minimum atomic E-state index is 0.844. The summed E-state index contributed by atoms with van der Waals surface area (Å²) in [5.74, 6) is 2.11. The predicted octanol–water partition coefficient (Wildman–Crippen LogP) is 1.33. The molecule has 104 valence electrons. The van der Waals surface area contributed by atoms with Gasteiger partial charge in [0.2, 0.25) is 0 Å². The highest BCUT2D eigenvalue weighted by molar-refractivity contribution is 4.88. The molecule has 0 fully saturated rings. The Morgan fingerprint density at radius 1 is 1.32 bits per heavy atom. The second-order valence-electron chi connectivity index (χ2n) is 4.79. The molecule has 0 aliphatic rings. The molecule has 6 nitrogen and oxygen atoms in total. The minimum Gasteiger partial charge on any atom is -0.335 e. The van der Waals surface area contributed by atoms with Gasteiger partial charge >= 0.3 is 0 Å². The summed E-state index contributed by atoms with van der Waals surface area (Å²) in [6, 6.07) is 0. The molecule has 2 aromatic heterocycles. The molecule has 0 radical (unpaired) electrons. The van der Waals surface area contributed by atoms with Crippen LogP contribution in [0.5, 0.6) is 0 Å². The molecule has 0 amide bonds. The van der Waals surface area contributed by atoms with Crippen molar-refractivity contribution in [2.45, 2.75) is 39.9 Å². The van der Waals surface area contributed by atoms with Crippen molar-refractivity contribution in [1.82, 2.24) is 29.2 Å². The monoisotopic (exact) mass is 262 g/mol. The highest BCUT2D eigenvalue weighted by Gasteiger charge is 2.06. The molecule has 0 aliphatic carbocycles. The molecule has 2 aromatic rings. The summed E-state index contributed by atoms with van der Waals surface area (Å²) in [4.78, 5) is 6.51. The van der Waals surface area contributed by atoms with E-state index in [9.17, 15) is 0 Å². The lowest BCUT2D eigenvalue weighted by Gasteiger charge is -2.16. The van der Waals surface area contributed by atoms with E-state index in [-0.39, 0.29) is 0 Å². The molecule has 2 heterocycles. The maximum Gasteiger partial charge on any atom is 0.146 e. The van der Waals surface area contributed by atoms with Crippen LogP contribution in [0.15, 0.2) is 18.7 Å². The third-order valence-corrected chi connectivity index (χ3v) is 3.31. The van der Waals surface area contributed by atoms with E-state index in [0.29, 0.717) is 0 Å². The van der Waals surface area contributed by atoms with Crippen LogP contribution in [0.1, 0.15) is 25.0 Å². The van der Waals surface area contributed by atoms with Gasteiger partial charge < -0.3 is 9.13 Å². The number of hydrogen-bond acceptors (Lipinski definition) is 4. The third-order valence-electron chi connectivity index (χ3n) is 3.31. The highest BCUT2D eigenvalue weighted by Crippen LogP contribution is 2.02. The number of rotatable bonds is 7. The molecule has 0 bridgehead atoms. The van der Waals surface area contributed by atoms with Crippen molar-refractivity contribution in [3.63, 3.8) is 0 Å². The van der Waals surface area contributed by atoms with Crippen LogP contribution in [0.25, 0.3) is 0 Å². The molecule has 0 aromatic carbocycles. The quantitative estimate of drug-likeness (QED) is 0.755. The van der Waals surface area contributed by atoms with Crippen molar-refractivity contribution >= 4 is 0 Å². The van der Waals surface area contributed by atoms with Gasteiger partial charge in [0.1, 0.15) is 18.0 Å². The molecular weight excluding hydrogens is 240 g/mol. The van der Waals surface area contributed by atoms with Crippen molar-refractivity contribution < 1.29 is 0 Å². The van der Waals surface area contributed by atoms with Crippen LogP contribution in [0.3, 0.4) is 0 Å². The number of nitrogens with zero attached hydrogens (tertiary/aromatic N) is 6. The Morgan fingerprint density at radius 2 is 2.16 bits per heavy atom. The third kappa shape index (κ3) is 3.64. The summed E-state index contributed by atoms with van der Waals surface area (Å²) in [5.41, 5.74) is 0. The van der Waals surface area contributed by atoms with E-state index in [1.165, 1.54) is 0 Å². The summed E-state index contributed by atoms with van der Waals surface area (Å²) in [6.45, 7) is 7.95. The molecule has 0 aliphatic heterocycles. The Labute approximate surface area is 114 Å². The van der Waals surface area contributed by atoms with E-state index >= 15 is 0 Å². The fourth-order valence-corrected chi connectivity index (χ4v) is 2.14. The Morgan fingerprint density at radius 3 is 2.84 bits per heavy atom. The Kier molecular flexibility index (Phi) is 4.68. The van der Waals surface area contributed by atoms with Crippen molar-refractivity contribution in [1.29, 1.82) is 0 Å². The second kappa shape index (κ2) is 6.47. The van der Waals surface area contributed by atoms with Crippen LogP contribution in [0.2, 0.25) is 0 Å². The molecule has 0 saturated carbocycles. The van der Waals surface area contributed by atoms with E-state index in [1.807, 2.05) is 19.3 Å². The van der Waals surface area contributed by atoms with Gasteiger partial charge in [-0.15, -0.1) is 10.2 Å². The molecular formula is C13H22N6. The summed E-state index contributed by atoms with van der Waals surface area (Å²) < 4.78 is 4.26. The van der Waals surface area contributed by atoms with Gasteiger partial charge in [0, 0.05) is 32.0 Å². The lowest BCUT2D eigenvalue weighted by Crippen LogP contribution is -2.22. The van der Waals surface area contributed by atoms with Crippen LogP contribution >= 0.6 is 0 Å². The topological polar surface area (TPSA) is 51.8 Å². The van der Waals surface area contributed by atoms with Crippen molar-refractivity contribution in [2.75, 3.05) is 13.6 Å². The Hall–Kier alpha value is -1.69. The molecule has 0 N–H and O–H groups in total. The van der Waals surface area contributed by atoms with Crippen LogP contribution in [-0.2, 0) is 19.6 Å². The van der Waals surface area contributed by atoms with Gasteiger partial charge in [-0.2, -0.15) is 0 Å². The molecule has 0 unspecified atom stereocenters. The first-order chi connectivity index (χ1) is 9.20. The zero-order valence-corrected chi connectivity index (χ0v) is 12.0. The van der Waals surface area contributed by atoms with Crippen LogP contribution < -0.4 is 0 Å². The van der Waals surface area contributed by atoms with Crippen molar-refractivity contribution in [3.05, 3.63) is 30.4 Å². The van der Waals surface area contributed by atoms with Gasteiger partial charge in [0.15, 0.2) is 0 Å². The first kappa shape index (κ1) is 13.7. The fraction of sp³-hybridized carbons (Fsp3) is 0.615. The first-order valence-corrected chi connectivity index (χ1v) is 6.73.